The van der Waals surface area contributed by atoms with Crippen LogP contribution in [0.15, 0.2) is 15.2 Å². The lowest BCUT2D eigenvalue weighted by Crippen LogP contribution is -2.22. The molecule has 0 saturated heterocycles. The summed E-state index contributed by atoms with van der Waals surface area (Å²) in [4.78, 5) is 0. The molecule has 0 amide bonds. The first-order chi connectivity index (χ1) is 6.69. The minimum atomic E-state index is 0.498. The predicted octanol–water partition coefficient (Wildman–Crippen LogP) is 4.21. The van der Waals surface area contributed by atoms with Crippen molar-refractivity contribution < 1.29 is 0 Å². The number of thiophene rings is 1. The van der Waals surface area contributed by atoms with Crippen molar-refractivity contribution in [2.24, 2.45) is 5.92 Å². The topological polar surface area (TPSA) is 12.0 Å². The van der Waals surface area contributed by atoms with Gasteiger partial charge in [-0.05, 0) is 52.3 Å². The number of rotatable bonds is 5. The van der Waals surface area contributed by atoms with Gasteiger partial charge in [0.15, 0.2) is 0 Å². The van der Waals surface area contributed by atoms with Crippen LogP contribution in [0.3, 0.4) is 0 Å². The predicted molar refractivity (Wildman–Crippen MR) is 67.9 cm³/mol. The molecular weight excluding hydrogens is 258 g/mol. The fourth-order valence-electron chi connectivity index (χ4n) is 1.89. The Morgan fingerprint density at radius 1 is 1.57 bits per heavy atom. The van der Waals surface area contributed by atoms with Crippen molar-refractivity contribution in [3.05, 3.63) is 20.8 Å². The fourth-order valence-corrected chi connectivity index (χ4v) is 3.10. The van der Waals surface area contributed by atoms with E-state index in [2.05, 4.69) is 46.5 Å². The molecule has 1 nitrogen and oxygen atoms in total. The molecule has 0 radical (unpaired) electrons. The minimum absolute atomic E-state index is 0.498. The molecule has 2 unspecified atom stereocenters. The number of hydrogen-bond acceptors (Lipinski definition) is 2. The van der Waals surface area contributed by atoms with E-state index in [9.17, 15) is 0 Å². The van der Waals surface area contributed by atoms with Crippen LogP contribution in [-0.4, -0.2) is 7.05 Å². The SMILES string of the molecule is CCCC(C)C(NC)c1csc(Br)c1. The molecule has 1 N–H and O–H groups in total. The molecule has 0 aromatic carbocycles. The van der Waals surface area contributed by atoms with Crippen LogP contribution in [0.5, 0.6) is 0 Å². The third kappa shape index (κ3) is 3.07. The molecule has 1 heterocycles. The Bertz CT molecular complexity index is 272. The Balaban J connectivity index is 2.71. The number of nitrogens with one attached hydrogen (secondary N) is 1. The van der Waals surface area contributed by atoms with E-state index in [0.717, 1.165) is 0 Å². The molecule has 0 aliphatic heterocycles. The van der Waals surface area contributed by atoms with Crippen molar-refractivity contribution in [1.29, 1.82) is 0 Å². The summed E-state index contributed by atoms with van der Waals surface area (Å²) in [5.41, 5.74) is 1.41. The molecule has 2 atom stereocenters. The highest BCUT2D eigenvalue weighted by atomic mass is 79.9. The number of hydrogen-bond donors (Lipinski definition) is 1. The van der Waals surface area contributed by atoms with Crippen LogP contribution < -0.4 is 5.32 Å². The zero-order chi connectivity index (χ0) is 10.6. The van der Waals surface area contributed by atoms with E-state index < -0.39 is 0 Å². The molecule has 14 heavy (non-hydrogen) atoms. The summed E-state index contributed by atoms with van der Waals surface area (Å²) in [6.45, 7) is 4.56. The van der Waals surface area contributed by atoms with Gasteiger partial charge >= 0.3 is 0 Å². The van der Waals surface area contributed by atoms with Gasteiger partial charge in [-0.1, -0.05) is 20.3 Å². The monoisotopic (exact) mass is 275 g/mol. The van der Waals surface area contributed by atoms with E-state index in [1.54, 1.807) is 11.3 Å². The summed E-state index contributed by atoms with van der Waals surface area (Å²) in [5.74, 6) is 0.700. The van der Waals surface area contributed by atoms with E-state index >= 15 is 0 Å². The molecule has 1 aromatic rings. The Labute approximate surface area is 99.0 Å². The van der Waals surface area contributed by atoms with Crippen LogP contribution in [0.4, 0.5) is 0 Å². The second-order valence-electron chi connectivity index (χ2n) is 3.72. The maximum atomic E-state index is 3.51. The van der Waals surface area contributed by atoms with Crippen LogP contribution in [0.2, 0.25) is 0 Å². The first kappa shape index (κ1) is 12.2. The zero-order valence-electron chi connectivity index (χ0n) is 9.01. The van der Waals surface area contributed by atoms with E-state index in [0.29, 0.717) is 12.0 Å². The summed E-state index contributed by atoms with van der Waals surface area (Å²) in [6, 6.07) is 2.72. The Hall–Kier alpha value is 0.140. The van der Waals surface area contributed by atoms with E-state index in [-0.39, 0.29) is 0 Å². The van der Waals surface area contributed by atoms with Crippen LogP contribution in [0, 0.1) is 5.92 Å². The maximum Gasteiger partial charge on any atom is 0.0701 e. The molecule has 0 saturated carbocycles. The van der Waals surface area contributed by atoms with Gasteiger partial charge in [0.2, 0.25) is 0 Å². The highest BCUT2D eigenvalue weighted by molar-refractivity contribution is 9.11. The highest BCUT2D eigenvalue weighted by Crippen LogP contribution is 2.30. The lowest BCUT2D eigenvalue weighted by Gasteiger charge is -2.22. The Kier molecular flexibility index (Phi) is 5.13. The van der Waals surface area contributed by atoms with Crippen molar-refractivity contribution in [2.75, 3.05) is 7.05 Å². The normalized spacial score (nSPS) is 15.4. The van der Waals surface area contributed by atoms with Crippen LogP contribution in [0.1, 0.15) is 38.3 Å². The van der Waals surface area contributed by atoms with Gasteiger partial charge in [0.25, 0.3) is 0 Å². The van der Waals surface area contributed by atoms with Gasteiger partial charge in [-0.15, -0.1) is 11.3 Å². The maximum absolute atomic E-state index is 3.51. The van der Waals surface area contributed by atoms with Crippen molar-refractivity contribution in [3.8, 4) is 0 Å². The average Bonchev–Trinajstić information content (AvgIpc) is 2.54. The van der Waals surface area contributed by atoms with Crippen LogP contribution >= 0.6 is 27.3 Å². The molecule has 1 rings (SSSR count). The fraction of sp³-hybridized carbons (Fsp3) is 0.636. The van der Waals surface area contributed by atoms with Gasteiger partial charge in [-0.25, -0.2) is 0 Å². The minimum Gasteiger partial charge on any atom is -0.313 e. The molecule has 0 bridgehead atoms. The van der Waals surface area contributed by atoms with Gasteiger partial charge in [0.1, 0.15) is 0 Å². The average molecular weight is 276 g/mol. The van der Waals surface area contributed by atoms with Gasteiger partial charge < -0.3 is 5.32 Å². The second kappa shape index (κ2) is 5.89. The van der Waals surface area contributed by atoms with Crippen molar-refractivity contribution >= 4 is 27.3 Å². The van der Waals surface area contributed by atoms with Gasteiger partial charge in [0, 0.05) is 6.04 Å². The second-order valence-corrected chi connectivity index (χ2v) is 6.01. The van der Waals surface area contributed by atoms with Crippen LogP contribution in [-0.2, 0) is 0 Å². The summed E-state index contributed by atoms with van der Waals surface area (Å²) in [5, 5.41) is 5.64. The first-order valence-corrected chi connectivity index (χ1v) is 6.77. The third-order valence-corrected chi connectivity index (χ3v) is 4.09. The van der Waals surface area contributed by atoms with E-state index in [4.69, 9.17) is 0 Å². The van der Waals surface area contributed by atoms with Crippen molar-refractivity contribution in [1.82, 2.24) is 5.32 Å². The summed E-state index contributed by atoms with van der Waals surface area (Å²) in [6.07, 6.45) is 2.53. The molecular formula is C11H18BrNS. The largest absolute Gasteiger partial charge is 0.313 e. The first-order valence-electron chi connectivity index (χ1n) is 5.10. The zero-order valence-corrected chi connectivity index (χ0v) is 11.4. The molecule has 0 spiro atoms. The highest BCUT2D eigenvalue weighted by Gasteiger charge is 2.17. The standard InChI is InChI=1S/C11H18BrNS/c1-4-5-8(2)11(13-3)9-6-10(12)14-7-9/h6-8,11,13H,4-5H2,1-3H3. The lowest BCUT2D eigenvalue weighted by molar-refractivity contribution is 0.384. The molecule has 0 fully saturated rings. The van der Waals surface area contributed by atoms with E-state index in [1.807, 2.05) is 7.05 Å². The number of halogens is 1. The van der Waals surface area contributed by atoms with Gasteiger partial charge in [0.05, 0.1) is 3.79 Å². The Morgan fingerprint density at radius 2 is 2.29 bits per heavy atom. The van der Waals surface area contributed by atoms with Crippen LogP contribution in [0.25, 0.3) is 0 Å². The molecule has 80 valence electrons. The summed E-state index contributed by atoms with van der Waals surface area (Å²) in [7, 11) is 2.04. The summed E-state index contributed by atoms with van der Waals surface area (Å²) < 4.78 is 1.22. The molecule has 0 aliphatic rings. The lowest BCUT2D eigenvalue weighted by atomic mass is 9.93. The third-order valence-electron chi connectivity index (χ3n) is 2.57. The molecule has 1 aromatic heterocycles. The van der Waals surface area contributed by atoms with Gasteiger partial charge in [-0.2, -0.15) is 0 Å². The quantitative estimate of drug-likeness (QED) is 0.849. The van der Waals surface area contributed by atoms with Crippen molar-refractivity contribution in [3.63, 3.8) is 0 Å². The molecule has 0 aliphatic carbocycles. The van der Waals surface area contributed by atoms with Gasteiger partial charge in [-0.3, -0.25) is 0 Å². The van der Waals surface area contributed by atoms with E-state index in [1.165, 1.54) is 22.2 Å². The Morgan fingerprint density at radius 3 is 2.71 bits per heavy atom. The van der Waals surface area contributed by atoms with Crippen molar-refractivity contribution in [2.45, 2.75) is 32.7 Å². The molecule has 3 heteroatoms. The summed E-state index contributed by atoms with van der Waals surface area (Å²) >= 11 is 5.27. The smallest absolute Gasteiger partial charge is 0.0701 e.